The van der Waals surface area contributed by atoms with Gasteiger partial charge in [0.25, 0.3) is 0 Å². The molecule has 3 rings (SSSR count). The molecule has 2 aliphatic rings. The number of dihydropyridines is 1. The maximum atomic E-state index is 13.1. The Kier molecular flexibility index (Phi) is 3.26. The van der Waals surface area contributed by atoms with Crippen LogP contribution in [0.5, 0.6) is 0 Å². The Labute approximate surface area is 121 Å². The fourth-order valence-electron chi connectivity index (χ4n) is 2.40. The molecule has 2 heterocycles. The fourth-order valence-corrected chi connectivity index (χ4v) is 2.93. The molecule has 7 heteroatoms. The number of rotatable bonds is 2. The number of nitrogens with zero attached hydrogens (tertiary/aromatic N) is 1. The summed E-state index contributed by atoms with van der Waals surface area (Å²) in [6, 6.07) is 4.82. The summed E-state index contributed by atoms with van der Waals surface area (Å²) >= 11 is 0. The topological polar surface area (TPSA) is 75.6 Å². The molecular formula is C14H9FN2O3S. The summed E-state index contributed by atoms with van der Waals surface area (Å²) in [6.07, 6.45) is 3.63. The second kappa shape index (κ2) is 5.10. The molecule has 0 saturated carbocycles. The normalized spacial score (nSPS) is 20.0. The van der Waals surface area contributed by atoms with Gasteiger partial charge in [0.2, 0.25) is 10.3 Å². The minimum atomic E-state index is -2.54. The van der Waals surface area contributed by atoms with E-state index in [0.29, 0.717) is 28.7 Å². The van der Waals surface area contributed by atoms with E-state index < -0.39 is 22.2 Å². The first-order valence-corrected chi connectivity index (χ1v) is 7.12. The van der Waals surface area contributed by atoms with Crippen LogP contribution in [0.2, 0.25) is 0 Å². The lowest BCUT2D eigenvalue weighted by Crippen LogP contribution is -2.25. The number of halogens is 1. The van der Waals surface area contributed by atoms with Crippen LogP contribution in [0.4, 0.5) is 4.39 Å². The fraction of sp³-hybridized carbons (Fsp3) is 0.0714. The van der Waals surface area contributed by atoms with Crippen LogP contribution >= 0.6 is 0 Å². The van der Waals surface area contributed by atoms with Crippen molar-refractivity contribution in [1.82, 2.24) is 5.32 Å². The van der Waals surface area contributed by atoms with Crippen LogP contribution in [-0.2, 0) is 15.1 Å². The van der Waals surface area contributed by atoms with Gasteiger partial charge in [-0.15, -0.1) is 0 Å². The zero-order valence-electron chi connectivity index (χ0n) is 10.6. The largest absolute Gasteiger partial charge is 0.371 e. The van der Waals surface area contributed by atoms with E-state index in [0.717, 1.165) is 0 Å². The van der Waals surface area contributed by atoms with Gasteiger partial charge >= 0.3 is 0 Å². The first-order valence-electron chi connectivity index (χ1n) is 6.05. The van der Waals surface area contributed by atoms with Crippen molar-refractivity contribution in [3.8, 4) is 0 Å². The predicted octanol–water partition coefficient (Wildman–Crippen LogP) is 0.727. The van der Waals surface area contributed by atoms with Crippen molar-refractivity contribution in [2.24, 2.45) is 4.99 Å². The van der Waals surface area contributed by atoms with Gasteiger partial charge in [-0.1, -0.05) is 12.1 Å². The zero-order valence-corrected chi connectivity index (χ0v) is 11.4. The van der Waals surface area contributed by atoms with Crippen LogP contribution in [-0.4, -0.2) is 31.9 Å². The Bertz CT molecular complexity index is 841. The summed E-state index contributed by atoms with van der Waals surface area (Å²) in [6.45, 7) is 0. The van der Waals surface area contributed by atoms with Crippen LogP contribution in [0, 0.1) is 5.82 Å². The number of nitrogens with one attached hydrogen (secondary N) is 1. The molecule has 1 atom stereocenters. The number of hydrogen-bond acceptors (Lipinski definition) is 4. The van der Waals surface area contributed by atoms with Gasteiger partial charge in [-0.3, -0.25) is 0 Å². The molecule has 106 valence electrons. The van der Waals surface area contributed by atoms with E-state index in [2.05, 4.69) is 10.3 Å². The van der Waals surface area contributed by atoms with Crippen LogP contribution in [0.3, 0.4) is 0 Å². The molecule has 1 aromatic carbocycles. The molecule has 0 saturated heterocycles. The average Bonchev–Trinajstić information content (AvgIpc) is 2.86. The molecule has 1 N–H and O–H groups in total. The van der Waals surface area contributed by atoms with E-state index in [1.54, 1.807) is 6.08 Å². The molecule has 1 aromatic rings. The average molecular weight is 304 g/mol. The van der Waals surface area contributed by atoms with Crippen LogP contribution in [0.25, 0.3) is 5.57 Å². The number of aldehydes is 1. The number of allylic oxidation sites excluding steroid dienone is 1. The minimum absolute atomic E-state index is 0.135. The van der Waals surface area contributed by atoms with Gasteiger partial charge in [0, 0.05) is 23.1 Å². The van der Waals surface area contributed by atoms with E-state index in [1.807, 2.05) is 0 Å². The highest BCUT2D eigenvalue weighted by molar-refractivity contribution is 7.73. The molecule has 0 aliphatic carbocycles. The van der Waals surface area contributed by atoms with Gasteiger partial charge in [0.1, 0.15) is 18.1 Å². The van der Waals surface area contributed by atoms with Crippen molar-refractivity contribution in [2.75, 3.05) is 0 Å². The molecular weight excluding hydrogens is 295 g/mol. The van der Waals surface area contributed by atoms with Gasteiger partial charge in [-0.05, 0) is 23.8 Å². The first kappa shape index (κ1) is 13.4. The van der Waals surface area contributed by atoms with Crippen LogP contribution < -0.4 is 5.32 Å². The Morgan fingerprint density at radius 2 is 1.95 bits per heavy atom. The third-order valence-corrected chi connectivity index (χ3v) is 3.88. The highest BCUT2D eigenvalue weighted by atomic mass is 32.2. The van der Waals surface area contributed by atoms with Crippen molar-refractivity contribution >= 4 is 33.4 Å². The second-order valence-corrected chi connectivity index (χ2v) is 5.31. The molecule has 0 spiro atoms. The van der Waals surface area contributed by atoms with Crippen molar-refractivity contribution in [2.45, 2.75) is 6.04 Å². The minimum Gasteiger partial charge on any atom is -0.371 e. The SMILES string of the molecule is O=CC1NC2=CC=NC(=S(=O)=O)C2=C1c1ccc(F)cc1. The van der Waals surface area contributed by atoms with Crippen molar-refractivity contribution in [1.29, 1.82) is 0 Å². The number of carbonyl (C=O) groups is 1. The summed E-state index contributed by atoms with van der Waals surface area (Å²) < 4.78 is 35.7. The summed E-state index contributed by atoms with van der Waals surface area (Å²) in [4.78, 5) is 15.0. The summed E-state index contributed by atoms with van der Waals surface area (Å²) in [7, 11) is -2.54. The Morgan fingerprint density at radius 3 is 2.57 bits per heavy atom. The molecule has 1 unspecified atom stereocenters. The summed E-state index contributed by atoms with van der Waals surface area (Å²) in [5.41, 5.74) is 1.92. The first-order chi connectivity index (χ1) is 10.1. The highest BCUT2D eigenvalue weighted by Crippen LogP contribution is 2.34. The molecule has 5 nitrogen and oxygen atoms in total. The monoisotopic (exact) mass is 304 g/mol. The number of carbonyl (C=O) groups excluding carboxylic acids is 1. The molecule has 2 aliphatic heterocycles. The molecule has 21 heavy (non-hydrogen) atoms. The van der Waals surface area contributed by atoms with Gasteiger partial charge in [-0.25, -0.2) is 9.38 Å². The molecule has 0 fully saturated rings. The van der Waals surface area contributed by atoms with E-state index in [9.17, 15) is 17.6 Å². The van der Waals surface area contributed by atoms with Gasteiger partial charge < -0.3 is 10.1 Å². The van der Waals surface area contributed by atoms with Crippen molar-refractivity contribution in [3.05, 3.63) is 53.0 Å². The lowest BCUT2D eigenvalue weighted by molar-refractivity contribution is -0.108. The third kappa shape index (κ3) is 2.21. The Morgan fingerprint density at radius 1 is 1.24 bits per heavy atom. The maximum absolute atomic E-state index is 13.1. The number of benzene rings is 1. The van der Waals surface area contributed by atoms with Crippen molar-refractivity contribution < 1.29 is 17.6 Å². The third-order valence-electron chi connectivity index (χ3n) is 3.26. The molecule has 0 radical (unpaired) electrons. The second-order valence-electron chi connectivity index (χ2n) is 4.45. The van der Waals surface area contributed by atoms with E-state index in [-0.39, 0.29) is 4.99 Å². The summed E-state index contributed by atoms with van der Waals surface area (Å²) in [5, 5.41) is 2.93. The predicted molar refractivity (Wildman–Crippen MR) is 76.8 cm³/mol. The molecule has 0 amide bonds. The van der Waals surface area contributed by atoms with Crippen LogP contribution in [0.15, 0.2) is 46.6 Å². The zero-order chi connectivity index (χ0) is 15.0. The van der Waals surface area contributed by atoms with Gasteiger partial charge in [0.15, 0.2) is 4.99 Å². The van der Waals surface area contributed by atoms with Gasteiger partial charge in [0.05, 0.1) is 0 Å². The lowest BCUT2D eigenvalue weighted by atomic mass is 9.96. The summed E-state index contributed by atoms with van der Waals surface area (Å²) in [5.74, 6) is -0.410. The van der Waals surface area contributed by atoms with Crippen LogP contribution in [0.1, 0.15) is 5.56 Å². The van der Waals surface area contributed by atoms with E-state index in [4.69, 9.17) is 0 Å². The van der Waals surface area contributed by atoms with E-state index >= 15 is 0 Å². The Hall–Kier alpha value is -2.54. The maximum Gasteiger partial charge on any atom is 0.241 e. The number of hydrogen-bond donors (Lipinski definition) is 1. The smallest absolute Gasteiger partial charge is 0.241 e. The van der Waals surface area contributed by atoms with Crippen molar-refractivity contribution in [3.63, 3.8) is 0 Å². The molecule has 0 aromatic heterocycles. The highest BCUT2D eigenvalue weighted by Gasteiger charge is 2.33. The standard InChI is InChI=1S/C14H9FN2O3S/c15-9-3-1-8(2-4-9)12-11(7-18)17-10-5-6-16-14(13(10)12)21(19)20/h1-7,11,17H. The quantitative estimate of drug-likeness (QED) is 0.645. The van der Waals surface area contributed by atoms with E-state index in [1.165, 1.54) is 30.5 Å². The number of aliphatic imine (C=N–C) groups is 1. The number of fused-ring (bicyclic) bond motifs is 1. The Balaban J connectivity index is 2.30. The molecule has 0 bridgehead atoms. The lowest BCUT2D eigenvalue weighted by Gasteiger charge is -2.09. The van der Waals surface area contributed by atoms with Gasteiger partial charge in [-0.2, -0.15) is 8.42 Å².